The van der Waals surface area contributed by atoms with E-state index < -0.39 is 6.10 Å². The molecule has 0 bridgehead atoms. The van der Waals surface area contributed by atoms with Crippen molar-refractivity contribution in [3.63, 3.8) is 0 Å². The smallest absolute Gasteiger partial charge is 0.311 e. The number of benzene rings is 2. The van der Waals surface area contributed by atoms with Crippen molar-refractivity contribution in [2.75, 3.05) is 0 Å². The molecule has 0 saturated heterocycles. The van der Waals surface area contributed by atoms with Crippen LogP contribution in [0.3, 0.4) is 0 Å². The number of Topliss-reactive ketones (excluding diaryl/α,β-unsaturated/α-hetero) is 1. The predicted molar refractivity (Wildman–Crippen MR) is 154 cm³/mol. The van der Waals surface area contributed by atoms with Gasteiger partial charge in [0.15, 0.2) is 5.78 Å². The van der Waals surface area contributed by atoms with Crippen LogP contribution in [0, 0.1) is 0 Å². The molecule has 2 aromatic rings. The fraction of sp³-hybridized carbons (Fsp3) is 0.515. The third-order valence-corrected chi connectivity index (χ3v) is 7.11. The summed E-state index contributed by atoms with van der Waals surface area (Å²) < 4.78 is 11.4. The normalized spacial score (nSPS) is 14.8. The van der Waals surface area contributed by atoms with Gasteiger partial charge in [-0.05, 0) is 49.8 Å². The molecule has 6 nitrogen and oxygen atoms in total. The van der Waals surface area contributed by atoms with Gasteiger partial charge in [-0.1, -0.05) is 82.6 Å². The highest BCUT2D eigenvalue weighted by Crippen LogP contribution is 2.42. The van der Waals surface area contributed by atoms with E-state index in [1.807, 2.05) is 0 Å². The standard InChI is InChI=1S/C33H44O6/c1-2-3-4-5-6-7-8-9-10-11-12-13-14-15-16-17-32(37)38-27-22-28(35)33-29(36)24-30(39-31(33)23-27)25-18-20-26(34)21-19-25/h9-10,18-23,30,34-35H,2-8,11-17,24H2,1H3/b10-9-/t30-/m0/s1. The third-order valence-electron chi connectivity index (χ3n) is 7.11. The Morgan fingerprint density at radius 3 is 2.18 bits per heavy atom. The van der Waals surface area contributed by atoms with Crippen LogP contribution in [-0.4, -0.2) is 22.0 Å². The molecule has 1 heterocycles. The van der Waals surface area contributed by atoms with Crippen molar-refractivity contribution in [2.24, 2.45) is 0 Å². The van der Waals surface area contributed by atoms with E-state index in [0.717, 1.165) is 37.7 Å². The zero-order valence-corrected chi connectivity index (χ0v) is 23.3. The molecule has 6 heteroatoms. The van der Waals surface area contributed by atoms with E-state index >= 15 is 0 Å². The minimum atomic E-state index is -0.549. The van der Waals surface area contributed by atoms with Gasteiger partial charge in [-0.25, -0.2) is 0 Å². The summed E-state index contributed by atoms with van der Waals surface area (Å²) in [6.45, 7) is 2.25. The first-order chi connectivity index (χ1) is 19.0. The number of unbranched alkanes of at least 4 members (excludes halogenated alkanes) is 11. The highest BCUT2D eigenvalue weighted by molar-refractivity contribution is 6.02. The van der Waals surface area contributed by atoms with Gasteiger partial charge in [0.05, 0.1) is 6.42 Å². The zero-order chi connectivity index (χ0) is 27.9. The highest BCUT2D eigenvalue weighted by Gasteiger charge is 2.31. The second-order valence-corrected chi connectivity index (χ2v) is 10.4. The molecular weight excluding hydrogens is 492 g/mol. The van der Waals surface area contributed by atoms with E-state index in [0.29, 0.717) is 6.42 Å². The molecule has 2 aromatic carbocycles. The number of fused-ring (bicyclic) bond motifs is 1. The second kappa shape index (κ2) is 16.6. The highest BCUT2D eigenvalue weighted by atomic mass is 16.5. The number of carbonyl (C=O) groups is 2. The van der Waals surface area contributed by atoms with Crippen molar-refractivity contribution in [1.82, 2.24) is 0 Å². The molecule has 1 atom stereocenters. The van der Waals surface area contributed by atoms with Gasteiger partial charge in [-0.2, -0.15) is 0 Å². The maximum absolute atomic E-state index is 12.7. The molecule has 0 aromatic heterocycles. The zero-order valence-electron chi connectivity index (χ0n) is 23.3. The van der Waals surface area contributed by atoms with E-state index in [9.17, 15) is 19.8 Å². The maximum atomic E-state index is 12.7. The summed E-state index contributed by atoms with van der Waals surface area (Å²) in [5.74, 6) is -0.414. The average Bonchev–Trinajstić information content (AvgIpc) is 2.90. The summed E-state index contributed by atoms with van der Waals surface area (Å²) >= 11 is 0. The van der Waals surface area contributed by atoms with E-state index in [1.165, 1.54) is 75.6 Å². The summed E-state index contributed by atoms with van der Waals surface area (Å²) in [6.07, 6.45) is 19.9. The molecule has 2 N–H and O–H groups in total. The summed E-state index contributed by atoms with van der Waals surface area (Å²) in [4.78, 5) is 25.0. The lowest BCUT2D eigenvalue weighted by molar-refractivity contribution is -0.134. The first kappa shape index (κ1) is 30.3. The maximum Gasteiger partial charge on any atom is 0.311 e. The molecule has 0 spiro atoms. The molecule has 0 unspecified atom stereocenters. The molecule has 39 heavy (non-hydrogen) atoms. The summed E-state index contributed by atoms with van der Waals surface area (Å²) in [5.41, 5.74) is 0.833. The van der Waals surface area contributed by atoms with Crippen LogP contribution in [0.5, 0.6) is 23.0 Å². The summed E-state index contributed by atoms with van der Waals surface area (Å²) in [6, 6.07) is 9.22. The van der Waals surface area contributed by atoms with Crippen LogP contribution in [0.2, 0.25) is 0 Å². The van der Waals surface area contributed by atoms with E-state index in [4.69, 9.17) is 9.47 Å². The molecular formula is C33H44O6. The first-order valence-corrected chi connectivity index (χ1v) is 14.7. The molecule has 0 radical (unpaired) electrons. The van der Waals surface area contributed by atoms with Crippen molar-refractivity contribution in [1.29, 1.82) is 0 Å². The lowest BCUT2D eigenvalue weighted by Gasteiger charge is -2.26. The number of ether oxygens (including phenoxy) is 2. The molecule has 0 fully saturated rings. The number of aromatic hydroxyl groups is 2. The van der Waals surface area contributed by atoms with Crippen LogP contribution in [0.25, 0.3) is 0 Å². The number of hydrogen-bond acceptors (Lipinski definition) is 6. The van der Waals surface area contributed by atoms with E-state index in [-0.39, 0.29) is 46.7 Å². The predicted octanol–water partition coefficient (Wildman–Crippen LogP) is 8.75. The summed E-state index contributed by atoms with van der Waals surface area (Å²) in [5, 5.41) is 19.9. The van der Waals surface area contributed by atoms with Crippen molar-refractivity contribution in [3.05, 3.63) is 59.7 Å². The van der Waals surface area contributed by atoms with Crippen LogP contribution < -0.4 is 9.47 Å². The Hall–Kier alpha value is -3.28. The minimum Gasteiger partial charge on any atom is -0.508 e. The number of phenolic OH excluding ortho intramolecular Hbond substituents is 2. The fourth-order valence-electron chi connectivity index (χ4n) is 4.87. The number of allylic oxidation sites excluding steroid dienone is 2. The Morgan fingerprint density at radius 1 is 0.897 bits per heavy atom. The van der Waals surface area contributed by atoms with Crippen LogP contribution in [-0.2, 0) is 4.79 Å². The molecule has 212 valence electrons. The molecule has 3 rings (SSSR count). The Kier molecular flexibility index (Phi) is 12.9. The van der Waals surface area contributed by atoms with Crippen molar-refractivity contribution in [2.45, 2.75) is 109 Å². The minimum absolute atomic E-state index is 0.0694. The number of hydrogen-bond donors (Lipinski definition) is 2. The van der Waals surface area contributed by atoms with Crippen LogP contribution in [0.15, 0.2) is 48.6 Å². The lowest BCUT2D eigenvalue weighted by atomic mass is 9.95. The van der Waals surface area contributed by atoms with Crippen LogP contribution in [0.4, 0.5) is 0 Å². The first-order valence-electron chi connectivity index (χ1n) is 14.7. The Morgan fingerprint density at radius 2 is 1.51 bits per heavy atom. The van der Waals surface area contributed by atoms with Crippen molar-refractivity contribution < 1.29 is 29.3 Å². The topological polar surface area (TPSA) is 93.1 Å². The number of carbonyl (C=O) groups excluding carboxylic acids is 2. The number of esters is 1. The van der Waals surface area contributed by atoms with Crippen LogP contribution in [0.1, 0.15) is 125 Å². The third kappa shape index (κ3) is 10.4. The van der Waals surface area contributed by atoms with E-state index in [2.05, 4.69) is 19.1 Å². The van der Waals surface area contributed by atoms with Gasteiger partial charge in [-0.15, -0.1) is 0 Å². The Labute approximate surface area is 233 Å². The molecule has 0 aliphatic carbocycles. The molecule has 1 aliphatic rings. The number of phenols is 2. The quantitative estimate of drug-likeness (QED) is 0.0908. The van der Waals surface area contributed by atoms with Crippen molar-refractivity contribution in [3.8, 4) is 23.0 Å². The molecule has 0 amide bonds. The van der Waals surface area contributed by atoms with Gasteiger partial charge < -0.3 is 19.7 Å². The Bertz CT molecular complexity index is 1070. The van der Waals surface area contributed by atoms with Gasteiger partial charge in [0.25, 0.3) is 0 Å². The van der Waals surface area contributed by atoms with Gasteiger partial charge in [0.1, 0.15) is 34.7 Å². The van der Waals surface area contributed by atoms with Gasteiger partial charge in [0.2, 0.25) is 0 Å². The second-order valence-electron chi connectivity index (χ2n) is 10.4. The Balaban J connectivity index is 1.32. The lowest BCUT2D eigenvalue weighted by Crippen LogP contribution is -2.20. The van der Waals surface area contributed by atoms with Crippen LogP contribution >= 0.6 is 0 Å². The molecule has 1 aliphatic heterocycles. The van der Waals surface area contributed by atoms with Crippen molar-refractivity contribution >= 4 is 11.8 Å². The largest absolute Gasteiger partial charge is 0.508 e. The fourth-order valence-corrected chi connectivity index (χ4v) is 4.87. The monoisotopic (exact) mass is 536 g/mol. The summed E-state index contributed by atoms with van der Waals surface area (Å²) in [7, 11) is 0. The molecule has 0 saturated carbocycles. The SMILES string of the molecule is CCCCCCCC/C=C\CCCCCCCC(=O)Oc1cc(O)c2c(c1)O[C@H](c1ccc(O)cc1)CC2=O. The van der Waals surface area contributed by atoms with Gasteiger partial charge in [-0.3, -0.25) is 9.59 Å². The average molecular weight is 537 g/mol. The van der Waals surface area contributed by atoms with Gasteiger partial charge >= 0.3 is 5.97 Å². The number of ketones is 1. The van der Waals surface area contributed by atoms with Gasteiger partial charge in [0, 0.05) is 18.6 Å². The number of rotatable bonds is 17. The van der Waals surface area contributed by atoms with E-state index in [1.54, 1.807) is 12.1 Å².